The number of nitrogens with zero attached hydrogens (tertiary/aromatic N) is 3. The summed E-state index contributed by atoms with van der Waals surface area (Å²) in [4.78, 5) is 5.74. The molecule has 1 rings (SSSR count). The van der Waals surface area contributed by atoms with Gasteiger partial charge in [0.25, 0.3) is 0 Å². The Morgan fingerprint density at radius 3 is 3.08 bits per heavy atom. The highest BCUT2D eigenvalue weighted by atomic mass is 15.1. The Kier molecular flexibility index (Phi) is 2.89. The van der Waals surface area contributed by atoms with Crippen molar-refractivity contribution in [2.24, 2.45) is 0 Å². The maximum absolute atomic E-state index is 8.74. The predicted molar refractivity (Wildman–Crippen MR) is 51.1 cm³/mol. The molecule has 0 saturated heterocycles. The summed E-state index contributed by atoms with van der Waals surface area (Å²) in [6.07, 6.45) is 6.75. The molecule has 3 nitrogen and oxygen atoms in total. The standard InChI is InChI=1S/C10H9N3/c1-3-7-13(2)10-5-4-6-12-9(10)8-11/h1,4-6H,7H2,2H3. The maximum atomic E-state index is 8.74. The minimum Gasteiger partial charge on any atom is -0.361 e. The summed E-state index contributed by atoms with van der Waals surface area (Å²) in [5.74, 6) is 2.51. The molecule has 0 amide bonds. The Morgan fingerprint density at radius 2 is 2.46 bits per heavy atom. The molecule has 0 spiro atoms. The highest BCUT2D eigenvalue weighted by Gasteiger charge is 2.05. The van der Waals surface area contributed by atoms with Crippen molar-refractivity contribution in [3.8, 4) is 18.4 Å². The summed E-state index contributed by atoms with van der Waals surface area (Å²) in [6, 6.07) is 5.62. The van der Waals surface area contributed by atoms with Crippen LogP contribution in [0.25, 0.3) is 0 Å². The van der Waals surface area contributed by atoms with E-state index in [1.165, 1.54) is 0 Å². The normalized spacial score (nSPS) is 8.54. The van der Waals surface area contributed by atoms with Gasteiger partial charge in [0.2, 0.25) is 0 Å². The number of aromatic nitrogens is 1. The Labute approximate surface area is 77.6 Å². The van der Waals surface area contributed by atoms with Crippen molar-refractivity contribution in [3.05, 3.63) is 24.0 Å². The van der Waals surface area contributed by atoms with Gasteiger partial charge in [-0.05, 0) is 12.1 Å². The van der Waals surface area contributed by atoms with Crippen LogP contribution in [0.4, 0.5) is 5.69 Å². The van der Waals surface area contributed by atoms with E-state index in [0.717, 1.165) is 5.69 Å². The lowest BCUT2D eigenvalue weighted by molar-refractivity contribution is 1.03. The molecule has 0 aliphatic heterocycles. The Hall–Kier alpha value is -2.00. The second-order valence-corrected chi connectivity index (χ2v) is 2.54. The highest BCUT2D eigenvalue weighted by Crippen LogP contribution is 2.14. The lowest BCUT2D eigenvalue weighted by atomic mass is 10.3. The zero-order valence-corrected chi connectivity index (χ0v) is 7.36. The third-order valence-electron chi connectivity index (χ3n) is 1.63. The van der Waals surface area contributed by atoms with Crippen molar-refractivity contribution in [2.75, 3.05) is 18.5 Å². The molecule has 1 heterocycles. The molecule has 3 heteroatoms. The van der Waals surface area contributed by atoms with Gasteiger partial charge in [-0.3, -0.25) is 0 Å². The van der Waals surface area contributed by atoms with Crippen LogP contribution < -0.4 is 4.90 Å². The number of terminal acetylenes is 1. The van der Waals surface area contributed by atoms with Crippen molar-refractivity contribution in [1.29, 1.82) is 5.26 Å². The van der Waals surface area contributed by atoms with Crippen molar-refractivity contribution < 1.29 is 0 Å². The van der Waals surface area contributed by atoms with Crippen LogP contribution in [0.3, 0.4) is 0 Å². The van der Waals surface area contributed by atoms with Gasteiger partial charge in [0.1, 0.15) is 6.07 Å². The first kappa shape index (κ1) is 9.09. The zero-order valence-electron chi connectivity index (χ0n) is 7.36. The van der Waals surface area contributed by atoms with E-state index >= 15 is 0 Å². The molecule has 64 valence electrons. The SMILES string of the molecule is C#CCN(C)c1cccnc1C#N. The van der Waals surface area contributed by atoms with Gasteiger partial charge in [-0.25, -0.2) is 4.98 Å². The number of anilines is 1. The lowest BCUT2D eigenvalue weighted by Crippen LogP contribution is -2.18. The highest BCUT2D eigenvalue weighted by molar-refractivity contribution is 5.55. The van der Waals surface area contributed by atoms with Gasteiger partial charge >= 0.3 is 0 Å². The third kappa shape index (κ3) is 1.98. The van der Waals surface area contributed by atoms with Gasteiger partial charge in [-0.15, -0.1) is 6.42 Å². The molecule has 0 radical (unpaired) electrons. The van der Waals surface area contributed by atoms with Gasteiger partial charge in [-0.2, -0.15) is 5.26 Å². The number of hydrogen-bond donors (Lipinski definition) is 0. The van der Waals surface area contributed by atoms with Crippen molar-refractivity contribution in [3.63, 3.8) is 0 Å². The molecule has 0 bridgehead atoms. The van der Waals surface area contributed by atoms with Crippen molar-refractivity contribution in [1.82, 2.24) is 4.98 Å². The zero-order chi connectivity index (χ0) is 9.68. The number of pyridine rings is 1. The Bertz CT molecular complexity index is 370. The van der Waals surface area contributed by atoms with E-state index in [9.17, 15) is 0 Å². The maximum Gasteiger partial charge on any atom is 0.163 e. The van der Waals surface area contributed by atoms with Crippen LogP contribution in [0, 0.1) is 23.7 Å². The predicted octanol–water partition coefficient (Wildman–Crippen LogP) is 1.02. The van der Waals surface area contributed by atoms with Crippen LogP contribution >= 0.6 is 0 Å². The fraction of sp³-hybridized carbons (Fsp3) is 0.200. The molecule has 1 aromatic heterocycles. The van der Waals surface area contributed by atoms with Crippen LogP contribution in [0.1, 0.15) is 5.69 Å². The van der Waals surface area contributed by atoms with E-state index in [1.54, 1.807) is 12.3 Å². The molecule has 0 aromatic carbocycles. The van der Waals surface area contributed by atoms with Gasteiger partial charge in [-0.1, -0.05) is 5.92 Å². The molecule has 0 fully saturated rings. The van der Waals surface area contributed by atoms with Gasteiger partial charge < -0.3 is 4.90 Å². The van der Waals surface area contributed by atoms with E-state index in [2.05, 4.69) is 10.9 Å². The van der Waals surface area contributed by atoms with E-state index in [0.29, 0.717) is 12.2 Å². The molecule has 1 aromatic rings. The number of nitriles is 1. The van der Waals surface area contributed by atoms with Gasteiger partial charge in [0.15, 0.2) is 5.69 Å². The quantitative estimate of drug-likeness (QED) is 0.624. The average Bonchev–Trinajstić information content (AvgIpc) is 2.18. The van der Waals surface area contributed by atoms with E-state index in [4.69, 9.17) is 11.7 Å². The molecule has 0 atom stereocenters. The molecular formula is C10H9N3. The lowest BCUT2D eigenvalue weighted by Gasteiger charge is -2.16. The van der Waals surface area contributed by atoms with Crippen LogP contribution in [-0.2, 0) is 0 Å². The second kappa shape index (κ2) is 4.13. The monoisotopic (exact) mass is 171 g/mol. The molecule has 0 saturated carbocycles. The van der Waals surface area contributed by atoms with E-state index < -0.39 is 0 Å². The summed E-state index contributed by atoms with van der Waals surface area (Å²) in [5.41, 5.74) is 1.17. The summed E-state index contributed by atoms with van der Waals surface area (Å²) < 4.78 is 0. The Balaban J connectivity index is 3.02. The first-order chi connectivity index (χ1) is 6.29. The minimum atomic E-state index is 0.403. The molecule has 0 aliphatic carbocycles. The van der Waals surface area contributed by atoms with Crippen LogP contribution in [0.15, 0.2) is 18.3 Å². The van der Waals surface area contributed by atoms with Crippen LogP contribution in [-0.4, -0.2) is 18.6 Å². The van der Waals surface area contributed by atoms with Crippen LogP contribution in [0.5, 0.6) is 0 Å². The van der Waals surface area contributed by atoms with Crippen molar-refractivity contribution >= 4 is 5.69 Å². The van der Waals surface area contributed by atoms with Gasteiger partial charge in [0, 0.05) is 13.2 Å². The first-order valence-electron chi connectivity index (χ1n) is 3.79. The Morgan fingerprint density at radius 1 is 1.69 bits per heavy atom. The topological polar surface area (TPSA) is 39.9 Å². The minimum absolute atomic E-state index is 0.403. The number of hydrogen-bond acceptors (Lipinski definition) is 3. The third-order valence-corrected chi connectivity index (χ3v) is 1.63. The summed E-state index contributed by atoms with van der Waals surface area (Å²) in [5, 5.41) is 8.74. The summed E-state index contributed by atoms with van der Waals surface area (Å²) in [6.45, 7) is 0.473. The molecule has 0 N–H and O–H groups in total. The average molecular weight is 171 g/mol. The first-order valence-corrected chi connectivity index (χ1v) is 3.79. The largest absolute Gasteiger partial charge is 0.361 e. The molecule has 13 heavy (non-hydrogen) atoms. The smallest absolute Gasteiger partial charge is 0.163 e. The van der Waals surface area contributed by atoms with Crippen LogP contribution in [0.2, 0.25) is 0 Å². The second-order valence-electron chi connectivity index (χ2n) is 2.54. The fourth-order valence-electron chi connectivity index (χ4n) is 1.01. The summed E-state index contributed by atoms with van der Waals surface area (Å²) >= 11 is 0. The van der Waals surface area contributed by atoms with E-state index in [-0.39, 0.29) is 0 Å². The molecule has 0 unspecified atom stereocenters. The fourth-order valence-corrected chi connectivity index (χ4v) is 1.01. The molecular weight excluding hydrogens is 162 g/mol. The van der Waals surface area contributed by atoms with Crippen molar-refractivity contribution in [2.45, 2.75) is 0 Å². The molecule has 0 aliphatic rings. The van der Waals surface area contributed by atoms with E-state index in [1.807, 2.05) is 24.1 Å². The number of rotatable bonds is 2. The van der Waals surface area contributed by atoms with Gasteiger partial charge in [0.05, 0.1) is 12.2 Å². The summed E-state index contributed by atoms with van der Waals surface area (Å²) in [7, 11) is 1.83.